The first-order chi connectivity index (χ1) is 9.56. The predicted molar refractivity (Wildman–Crippen MR) is 81.6 cm³/mol. The number of carbonyl (C=O) groups excluding carboxylic acids is 2. The molecule has 0 aromatic rings. The van der Waals surface area contributed by atoms with E-state index in [0.29, 0.717) is 36.9 Å². The lowest BCUT2D eigenvalue weighted by Gasteiger charge is -2.36. The van der Waals surface area contributed by atoms with Crippen LogP contribution in [0.2, 0.25) is 0 Å². The van der Waals surface area contributed by atoms with Crippen molar-refractivity contribution >= 4 is 11.7 Å². The molecule has 0 aromatic carbocycles. The number of hydrogen-bond acceptors (Lipinski definition) is 3. The van der Waals surface area contributed by atoms with E-state index in [0.717, 1.165) is 45.6 Å². The Bertz CT molecular complexity index is 310. The first-order valence-electron chi connectivity index (χ1n) is 8.08. The van der Waals surface area contributed by atoms with Crippen LogP contribution in [0.25, 0.3) is 0 Å². The molecule has 1 saturated heterocycles. The number of nitrogens with zero attached hydrogens (tertiary/aromatic N) is 2. The van der Waals surface area contributed by atoms with Crippen molar-refractivity contribution in [3.8, 4) is 0 Å². The van der Waals surface area contributed by atoms with Gasteiger partial charge in [-0.1, -0.05) is 20.8 Å². The van der Waals surface area contributed by atoms with E-state index in [4.69, 9.17) is 0 Å². The number of amides is 1. The molecule has 116 valence electrons. The molecule has 1 heterocycles. The van der Waals surface area contributed by atoms with Crippen molar-refractivity contribution in [1.82, 2.24) is 9.80 Å². The molecular weight excluding hydrogens is 252 g/mol. The van der Waals surface area contributed by atoms with Crippen LogP contribution in [0.15, 0.2) is 0 Å². The molecule has 1 atom stereocenters. The van der Waals surface area contributed by atoms with Crippen molar-refractivity contribution < 1.29 is 9.59 Å². The van der Waals surface area contributed by atoms with Crippen LogP contribution in [0.3, 0.4) is 0 Å². The van der Waals surface area contributed by atoms with E-state index in [1.54, 1.807) is 0 Å². The molecule has 0 aliphatic carbocycles. The summed E-state index contributed by atoms with van der Waals surface area (Å²) in [4.78, 5) is 27.8. The van der Waals surface area contributed by atoms with Crippen LogP contribution in [0.1, 0.15) is 52.9 Å². The standard InChI is InChI=1S/C16H30N2O2/c1-4-6-15(19)12-14(3)13-17-8-10-18(11-9-17)16(20)7-5-2/h14H,4-13H2,1-3H3. The maximum absolute atomic E-state index is 11.8. The van der Waals surface area contributed by atoms with E-state index in [-0.39, 0.29) is 0 Å². The summed E-state index contributed by atoms with van der Waals surface area (Å²) in [6, 6.07) is 0. The maximum atomic E-state index is 11.8. The molecular formula is C16H30N2O2. The van der Waals surface area contributed by atoms with Gasteiger partial charge in [-0.3, -0.25) is 14.5 Å². The average molecular weight is 282 g/mol. The highest BCUT2D eigenvalue weighted by molar-refractivity contribution is 5.78. The highest BCUT2D eigenvalue weighted by Crippen LogP contribution is 2.11. The van der Waals surface area contributed by atoms with E-state index in [2.05, 4.69) is 18.7 Å². The van der Waals surface area contributed by atoms with Crippen LogP contribution < -0.4 is 0 Å². The second kappa shape index (κ2) is 9.11. The van der Waals surface area contributed by atoms with Gasteiger partial charge in [-0.25, -0.2) is 0 Å². The molecule has 0 bridgehead atoms. The molecule has 1 fully saturated rings. The third-order valence-corrected chi connectivity index (χ3v) is 3.86. The smallest absolute Gasteiger partial charge is 0.222 e. The lowest BCUT2D eigenvalue weighted by Crippen LogP contribution is -2.49. The fourth-order valence-corrected chi connectivity index (χ4v) is 2.83. The topological polar surface area (TPSA) is 40.6 Å². The molecule has 1 unspecified atom stereocenters. The summed E-state index contributed by atoms with van der Waals surface area (Å²) < 4.78 is 0. The molecule has 0 saturated carbocycles. The zero-order chi connectivity index (χ0) is 15.0. The molecule has 0 spiro atoms. The largest absolute Gasteiger partial charge is 0.340 e. The second-order valence-electron chi connectivity index (χ2n) is 6.03. The Balaban J connectivity index is 2.24. The Morgan fingerprint density at radius 1 is 1.00 bits per heavy atom. The molecule has 4 nitrogen and oxygen atoms in total. The number of ketones is 1. The van der Waals surface area contributed by atoms with Crippen molar-refractivity contribution in [2.24, 2.45) is 5.92 Å². The van der Waals surface area contributed by atoms with Crippen LogP contribution in [0, 0.1) is 5.92 Å². The van der Waals surface area contributed by atoms with Gasteiger partial charge < -0.3 is 4.90 Å². The summed E-state index contributed by atoms with van der Waals surface area (Å²) in [7, 11) is 0. The number of carbonyl (C=O) groups is 2. The van der Waals surface area contributed by atoms with E-state index < -0.39 is 0 Å². The first-order valence-corrected chi connectivity index (χ1v) is 8.08. The Morgan fingerprint density at radius 3 is 2.15 bits per heavy atom. The fraction of sp³-hybridized carbons (Fsp3) is 0.875. The third kappa shape index (κ3) is 6.04. The lowest BCUT2D eigenvalue weighted by atomic mass is 10.0. The SMILES string of the molecule is CCCC(=O)CC(C)CN1CCN(C(=O)CCC)CC1. The van der Waals surface area contributed by atoms with Crippen molar-refractivity contribution in [3.63, 3.8) is 0 Å². The van der Waals surface area contributed by atoms with Crippen molar-refractivity contribution in [1.29, 1.82) is 0 Å². The van der Waals surface area contributed by atoms with Gasteiger partial charge in [-0.2, -0.15) is 0 Å². The summed E-state index contributed by atoms with van der Waals surface area (Å²) in [6.45, 7) is 10.8. The van der Waals surface area contributed by atoms with Crippen molar-refractivity contribution in [3.05, 3.63) is 0 Å². The van der Waals surface area contributed by atoms with Crippen molar-refractivity contribution in [2.45, 2.75) is 52.9 Å². The molecule has 1 aliphatic rings. The minimum Gasteiger partial charge on any atom is -0.340 e. The van der Waals surface area contributed by atoms with Crippen LogP contribution in [-0.2, 0) is 9.59 Å². The lowest BCUT2D eigenvalue weighted by molar-refractivity contribution is -0.133. The first kappa shape index (κ1) is 17.2. The van der Waals surface area contributed by atoms with E-state index in [1.807, 2.05) is 11.8 Å². The summed E-state index contributed by atoms with van der Waals surface area (Å²) in [5.41, 5.74) is 0. The Morgan fingerprint density at radius 2 is 1.60 bits per heavy atom. The van der Waals surface area contributed by atoms with Gasteiger partial charge in [-0.05, 0) is 18.8 Å². The van der Waals surface area contributed by atoms with Crippen LogP contribution in [-0.4, -0.2) is 54.2 Å². The Hall–Kier alpha value is -0.900. The van der Waals surface area contributed by atoms with Gasteiger partial charge in [0.15, 0.2) is 0 Å². The van der Waals surface area contributed by atoms with Gasteiger partial charge in [0.05, 0.1) is 0 Å². The second-order valence-corrected chi connectivity index (χ2v) is 6.03. The van der Waals surface area contributed by atoms with Gasteiger partial charge in [0.2, 0.25) is 5.91 Å². The highest BCUT2D eigenvalue weighted by Gasteiger charge is 2.21. The highest BCUT2D eigenvalue weighted by atomic mass is 16.2. The minimum absolute atomic E-state index is 0.290. The Labute approximate surface area is 123 Å². The van der Waals surface area contributed by atoms with Crippen LogP contribution in [0.4, 0.5) is 0 Å². The molecule has 0 aromatic heterocycles. The number of Topliss-reactive ketones (excluding diaryl/α,β-unsaturated/α-hetero) is 1. The van der Waals surface area contributed by atoms with Gasteiger partial charge in [0, 0.05) is 52.0 Å². The predicted octanol–water partition coefficient (Wildman–Crippen LogP) is 2.33. The van der Waals surface area contributed by atoms with E-state index in [9.17, 15) is 9.59 Å². The average Bonchev–Trinajstić information content (AvgIpc) is 2.39. The van der Waals surface area contributed by atoms with Gasteiger partial charge in [-0.15, -0.1) is 0 Å². The Kier molecular flexibility index (Phi) is 7.82. The van der Waals surface area contributed by atoms with E-state index >= 15 is 0 Å². The number of rotatable bonds is 8. The van der Waals surface area contributed by atoms with Crippen LogP contribution >= 0.6 is 0 Å². The molecule has 1 rings (SSSR count). The zero-order valence-electron chi connectivity index (χ0n) is 13.4. The van der Waals surface area contributed by atoms with Gasteiger partial charge in [0.25, 0.3) is 0 Å². The number of piperazine rings is 1. The monoisotopic (exact) mass is 282 g/mol. The molecule has 1 amide bonds. The molecule has 4 heteroatoms. The van der Waals surface area contributed by atoms with Gasteiger partial charge >= 0.3 is 0 Å². The maximum Gasteiger partial charge on any atom is 0.222 e. The quantitative estimate of drug-likeness (QED) is 0.686. The third-order valence-electron chi connectivity index (χ3n) is 3.86. The summed E-state index contributed by atoms with van der Waals surface area (Å²) in [5, 5.41) is 0. The zero-order valence-corrected chi connectivity index (χ0v) is 13.4. The minimum atomic E-state index is 0.290. The van der Waals surface area contributed by atoms with E-state index in [1.165, 1.54) is 0 Å². The summed E-state index contributed by atoms with van der Waals surface area (Å²) in [6.07, 6.45) is 3.95. The normalized spacial score (nSPS) is 18.1. The molecule has 1 aliphatic heterocycles. The summed E-state index contributed by atoms with van der Waals surface area (Å²) in [5.74, 6) is 1.10. The van der Waals surface area contributed by atoms with Gasteiger partial charge in [0.1, 0.15) is 5.78 Å². The molecule has 20 heavy (non-hydrogen) atoms. The van der Waals surface area contributed by atoms with Crippen molar-refractivity contribution in [2.75, 3.05) is 32.7 Å². The molecule has 0 radical (unpaired) electrons. The fourth-order valence-electron chi connectivity index (χ4n) is 2.83. The number of hydrogen-bond donors (Lipinski definition) is 0. The summed E-state index contributed by atoms with van der Waals surface area (Å²) >= 11 is 0. The van der Waals surface area contributed by atoms with Crippen LogP contribution in [0.5, 0.6) is 0 Å². The molecule has 0 N–H and O–H groups in total.